The Bertz CT molecular complexity index is 970. The molecule has 4 rings (SSSR count). The maximum absolute atomic E-state index is 12.2. The van der Waals surface area contributed by atoms with E-state index in [1.807, 2.05) is 17.8 Å². The average molecular weight is 464 g/mol. The van der Waals surface area contributed by atoms with Crippen molar-refractivity contribution >= 4 is 29.2 Å². The van der Waals surface area contributed by atoms with Crippen molar-refractivity contribution in [2.45, 2.75) is 49.9 Å². The zero-order valence-corrected chi connectivity index (χ0v) is 18.3. The monoisotopic (exact) mass is 463 g/mol. The standard InChI is InChI=1S/C21H26ClN5O5/c1-27-6-5-23-17(27)11-24-18(28)9-14-8-15-20(31-14)19(29)16(32-15)10-25-21(30)26-13-4-2-3-12(22)7-13/h2-7,14-16,19-20,29H,8-11H2,1H3,(H,24,28)(H2,25,26,30). The van der Waals surface area contributed by atoms with Crippen molar-refractivity contribution in [1.82, 2.24) is 20.2 Å². The SMILES string of the molecule is Cn1ccnc1CNC(=O)CC1CC2OC(CNC(=O)Nc3cccc(Cl)c3)C(O)C2O1. The zero-order valence-electron chi connectivity index (χ0n) is 17.5. The first-order valence-electron chi connectivity index (χ1n) is 10.4. The normalized spacial score (nSPS) is 26.5. The Kier molecular flexibility index (Phi) is 6.95. The molecule has 0 saturated carbocycles. The van der Waals surface area contributed by atoms with Crippen LogP contribution in [-0.4, -0.2) is 63.7 Å². The first kappa shape index (κ1) is 22.5. The second kappa shape index (κ2) is 9.86. The van der Waals surface area contributed by atoms with Gasteiger partial charge in [-0.1, -0.05) is 17.7 Å². The molecule has 4 N–H and O–H groups in total. The number of hydrogen-bond acceptors (Lipinski definition) is 6. The van der Waals surface area contributed by atoms with Gasteiger partial charge in [0, 0.05) is 43.1 Å². The van der Waals surface area contributed by atoms with E-state index in [0.29, 0.717) is 23.7 Å². The lowest BCUT2D eigenvalue weighted by Gasteiger charge is -2.20. The number of carbonyl (C=O) groups excluding carboxylic acids is 2. The third-order valence-corrected chi connectivity index (χ3v) is 5.84. The van der Waals surface area contributed by atoms with Gasteiger partial charge in [0.15, 0.2) is 0 Å². The van der Waals surface area contributed by atoms with Gasteiger partial charge >= 0.3 is 6.03 Å². The molecule has 2 aliphatic heterocycles. The number of aliphatic hydroxyl groups is 1. The number of imidazole rings is 1. The number of amides is 3. The van der Waals surface area contributed by atoms with Crippen LogP contribution in [0.2, 0.25) is 5.02 Å². The van der Waals surface area contributed by atoms with Gasteiger partial charge in [-0.2, -0.15) is 0 Å². The summed E-state index contributed by atoms with van der Waals surface area (Å²) in [5, 5.41) is 19.3. The predicted octanol–water partition coefficient (Wildman–Crippen LogP) is 1.19. The number of carbonyl (C=O) groups is 2. The molecule has 0 radical (unpaired) electrons. The largest absolute Gasteiger partial charge is 0.388 e. The number of aryl methyl sites for hydroxylation is 1. The maximum atomic E-state index is 12.2. The topological polar surface area (TPSA) is 127 Å². The fraction of sp³-hybridized carbons (Fsp3) is 0.476. The summed E-state index contributed by atoms with van der Waals surface area (Å²) in [6.07, 6.45) is 1.51. The number of benzene rings is 1. The third-order valence-electron chi connectivity index (χ3n) is 5.60. The Hall–Kier alpha value is -2.66. The number of urea groups is 1. The first-order valence-corrected chi connectivity index (χ1v) is 10.8. The summed E-state index contributed by atoms with van der Waals surface area (Å²) < 4.78 is 13.6. The van der Waals surface area contributed by atoms with E-state index >= 15 is 0 Å². The summed E-state index contributed by atoms with van der Waals surface area (Å²) in [5.74, 6) is 0.611. The van der Waals surface area contributed by atoms with Crippen molar-refractivity contribution in [1.29, 1.82) is 0 Å². The minimum atomic E-state index is -0.896. The molecule has 2 aliphatic rings. The lowest BCUT2D eigenvalue weighted by atomic mass is 10.1. The molecule has 0 bridgehead atoms. The Labute approximate surface area is 190 Å². The van der Waals surface area contributed by atoms with Crippen LogP contribution in [0.5, 0.6) is 0 Å². The number of aliphatic hydroxyl groups excluding tert-OH is 1. The highest BCUT2D eigenvalue weighted by molar-refractivity contribution is 6.30. The van der Waals surface area contributed by atoms with Crippen LogP contribution in [0.15, 0.2) is 36.7 Å². The number of anilines is 1. The van der Waals surface area contributed by atoms with Gasteiger partial charge in [-0.25, -0.2) is 9.78 Å². The van der Waals surface area contributed by atoms with Crippen LogP contribution in [0.4, 0.5) is 10.5 Å². The van der Waals surface area contributed by atoms with Gasteiger partial charge in [-0.05, 0) is 18.2 Å². The Morgan fingerprint density at radius 3 is 2.88 bits per heavy atom. The quantitative estimate of drug-likeness (QED) is 0.488. The molecule has 5 unspecified atom stereocenters. The van der Waals surface area contributed by atoms with Gasteiger partial charge < -0.3 is 35.1 Å². The Morgan fingerprint density at radius 2 is 2.16 bits per heavy atom. The number of aromatic nitrogens is 2. The molecule has 11 heteroatoms. The minimum absolute atomic E-state index is 0.124. The molecule has 0 aliphatic carbocycles. The number of halogens is 1. The zero-order chi connectivity index (χ0) is 22.7. The van der Waals surface area contributed by atoms with Crippen LogP contribution in [0, 0.1) is 0 Å². The van der Waals surface area contributed by atoms with E-state index in [-0.39, 0.29) is 31.1 Å². The predicted molar refractivity (Wildman–Crippen MR) is 116 cm³/mol. The van der Waals surface area contributed by atoms with Gasteiger partial charge in [0.25, 0.3) is 0 Å². The van der Waals surface area contributed by atoms with E-state index in [2.05, 4.69) is 20.9 Å². The molecule has 3 amide bonds. The van der Waals surface area contributed by atoms with E-state index in [1.54, 1.807) is 30.5 Å². The Balaban J connectivity index is 1.18. The summed E-state index contributed by atoms with van der Waals surface area (Å²) in [6, 6.07) is 6.37. The first-order chi connectivity index (χ1) is 15.4. The van der Waals surface area contributed by atoms with Crippen LogP contribution >= 0.6 is 11.6 Å². The fourth-order valence-electron chi connectivity index (χ4n) is 3.97. The summed E-state index contributed by atoms with van der Waals surface area (Å²) in [7, 11) is 1.86. The summed E-state index contributed by atoms with van der Waals surface area (Å²) in [6.45, 7) is 0.463. The lowest BCUT2D eigenvalue weighted by molar-refractivity contribution is -0.125. The van der Waals surface area contributed by atoms with Crippen molar-refractivity contribution < 1.29 is 24.2 Å². The van der Waals surface area contributed by atoms with E-state index in [4.69, 9.17) is 21.1 Å². The summed E-state index contributed by atoms with van der Waals surface area (Å²) >= 11 is 5.91. The van der Waals surface area contributed by atoms with E-state index in [1.165, 1.54) is 0 Å². The van der Waals surface area contributed by atoms with E-state index in [9.17, 15) is 14.7 Å². The molecule has 3 heterocycles. The molecule has 2 fully saturated rings. The van der Waals surface area contributed by atoms with Gasteiger partial charge in [0.1, 0.15) is 24.1 Å². The maximum Gasteiger partial charge on any atom is 0.319 e. The fourth-order valence-corrected chi connectivity index (χ4v) is 4.16. The molecule has 1 aromatic carbocycles. The smallest absolute Gasteiger partial charge is 0.319 e. The molecular formula is C21H26ClN5O5. The number of rotatable bonds is 7. The molecule has 5 atom stereocenters. The van der Waals surface area contributed by atoms with Gasteiger partial charge in [-0.3, -0.25) is 4.79 Å². The van der Waals surface area contributed by atoms with Crippen LogP contribution in [0.25, 0.3) is 0 Å². The molecule has 10 nitrogen and oxygen atoms in total. The lowest BCUT2D eigenvalue weighted by Crippen LogP contribution is -2.42. The number of nitrogens with zero attached hydrogens (tertiary/aromatic N) is 2. The molecule has 32 heavy (non-hydrogen) atoms. The number of hydrogen-bond donors (Lipinski definition) is 4. The van der Waals surface area contributed by atoms with Gasteiger partial charge in [0.2, 0.25) is 5.91 Å². The average Bonchev–Trinajstić information content (AvgIpc) is 3.41. The second-order valence-electron chi connectivity index (χ2n) is 7.94. The second-order valence-corrected chi connectivity index (χ2v) is 8.38. The van der Waals surface area contributed by atoms with Gasteiger partial charge in [-0.15, -0.1) is 0 Å². The molecule has 0 spiro atoms. The highest BCUT2D eigenvalue weighted by Gasteiger charge is 2.50. The third kappa shape index (κ3) is 5.39. The Morgan fingerprint density at radius 1 is 1.31 bits per heavy atom. The number of ether oxygens (including phenoxy) is 2. The van der Waals surface area contributed by atoms with Crippen LogP contribution in [0.3, 0.4) is 0 Å². The van der Waals surface area contributed by atoms with Crippen molar-refractivity contribution in [3.63, 3.8) is 0 Å². The minimum Gasteiger partial charge on any atom is -0.388 e. The number of nitrogens with one attached hydrogen (secondary N) is 3. The van der Waals surface area contributed by atoms with Crippen molar-refractivity contribution in [3.8, 4) is 0 Å². The van der Waals surface area contributed by atoms with Crippen LogP contribution in [0.1, 0.15) is 18.7 Å². The molecule has 2 aromatic rings. The number of fused-ring (bicyclic) bond motifs is 1. The highest BCUT2D eigenvalue weighted by Crippen LogP contribution is 2.35. The molecule has 2 saturated heterocycles. The van der Waals surface area contributed by atoms with Crippen LogP contribution in [-0.2, 0) is 27.9 Å². The van der Waals surface area contributed by atoms with Gasteiger partial charge in [0.05, 0.1) is 25.2 Å². The van der Waals surface area contributed by atoms with Crippen molar-refractivity contribution in [2.24, 2.45) is 7.05 Å². The molecular weight excluding hydrogens is 438 g/mol. The van der Waals surface area contributed by atoms with E-state index in [0.717, 1.165) is 5.82 Å². The summed E-state index contributed by atoms with van der Waals surface area (Å²) in [5.41, 5.74) is 0.562. The van der Waals surface area contributed by atoms with Crippen molar-refractivity contribution in [2.75, 3.05) is 11.9 Å². The molecule has 1 aromatic heterocycles. The highest BCUT2D eigenvalue weighted by atomic mass is 35.5. The van der Waals surface area contributed by atoms with E-state index < -0.39 is 24.3 Å². The van der Waals surface area contributed by atoms with Crippen molar-refractivity contribution in [3.05, 3.63) is 47.5 Å². The molecule has 172 valence electrons. The summed E-state index contributed by atoms with van der Waals surface area (Å²) in [4.78, 5) is 28.5. The van der Waals surface area contributed by atoms with Crippen LogP contribution < -0.4 is 16.0 Å².